The average Bonchev–Trinajstić information content (AvgIpc) is 2.36. The highest BCUT2D eigenvalue weighted by Crippen LogP contribution is 2.44. The molecular weight excluding hydrogens is 236 g/mol. The van der Waals surface area contributed by atoms with E-state index in [1.54, 1.807) is 24.3 Å². The van der Waals surface area contributed by atoms with Crippen LogP contribution in [0, 0.1) is 0 Å². The van der Waals surface area contributed by atoms with Crippen LogP contribution in [0.4, 0.5) is 0 Å². The van der Waals surface area contributed by atoms with Crippen LogP contribution < -0.4 is 9.47 Å². The molecule has 5 heteroatoms. The molecule has 0 aromatic heterocycles. The Labute approximate surface area is 103 Å². The third-order valence-corrected chi connectivity index (χ3v) is 2.72. The van der Waals surface area contributed by atoms with Crippen LogP contribution in [0.25, 0.3) is 10.8 Å². The number of aromatic hydroxyl groups is 1. The Morgan fingerprint density at radius 2 is 1.56 bits per heavy atom. The molecule has 5 nitrogen and oxygen atoms in total. The number of carboxylic acid groups (broad SMARTS) is 1. The Morgan fingerprint density at radius 1 is 1.06 bits per heavy atom. The van der Waals surface area contributed by atoms with Gasteiger partial charge < -0.3 is 19.7 Å². The fourth-order valence-electron chi connectivity index (χ4n) is 1.98. The van der Waals surface area contributed by atoms with Crippen molar-refractivity contribution >= 4 is 16.7 Å². The molecular formula is C13H12O5. The maximum atomic E-state index is 11.2. The lowest BCUT2D eigenvalue weighted by Gasteiger charge is -2.14. The molecule has 0 aliphatic rings. The molecule has 2 aromatic carbocycles. The minimum absolute atomic E-state index is 0.122. The van der Waals surface area contributed by atoms with E-state index in [4.69, 9.17) is 14.6 Å². The third-order valence-electron chi connectivity index (χ3n) is 2.72. The van der Waals surface area contributed by atoms with Gasteiger partial charge in [-0.15, -0.1) is 0 Å². The summed E-state index contributed by atoms with van der Waals surface area (Å²) in [4.78, 5) is 11.2. The van der Waals surface area contributed by atoms with Crippen LogP contribution in [0.3, 0.4) is 0 Å². The molecule has 0 fully saturated rings. The molecule has 0 atom stereocenters. The van der Waals surface area contributed by atoms with E-state index in [1.165, 1.54) is 14.2 Å². The van der Waals surface area contributed by atoms with Crippen molar-refractivity contribution in [1.82, 2.24) is 0 Å². The fourth-order valence-corrected chi connectivity index (χ4v) is 1.98. The molecule has 0 bridgehead atoms. The lowest BCUT2D eigenvalue weighted by atomic mass is 10.0. The molecule has 0 radical (unpaired) electrons. The van der Waals surface area contributed by atoms with Gasteiger partial charge in [0.25, 0.3) is 0 Å². The first kappa shape index (κ1) is 12.0. The lowest BCUT2D eigenvalue weighted by Crippen LogP contribution is -2.03. The molecule has 0 heterocycles. The summed E-state index contributed by atoms with van der Waals surface area (Å²) in [5, 5.41) is 20.3. The normalized spacial score (nSPS) is 10.3. The molecule has 2 N–H and O–H groups in total. The fraction of sp³-hybridized carbons (Fsp3) is 0.154. The van der Waals surface area contributed by atoms with Crippen LogP contribution in [0.2, 0.25) is 0 Å². The third kappa shape index (κ3) is 1.60. The number of carboxylic acids is 1. The number of aromatic carboxylic acids is 1. The maximum absolute atomic E-state index is 11.2. The second kappa shape index (κ2) is 4.44. The second-order valence-corrected chi connectivity index (χ2v) is 3.64. The van der Waals surface area contributed by atoms with Crippen molar-refractivity contribution in [2.75, 3.05) is 14.2 Å². The number of rotatable bonds is 3. The number of carbonyl (C=O) groups is 1. The van der Waals surface area contributed by atoms with E-state index < -0.39 is 11.7 Å². The smallest absolute Gasteiger partial charge is 0.343 e. The van der Waals surface area contributed by atoms with Gasteiger partial charge >= 0.3 is 5.97 Å². The minimum atomic E-state index is -1.27. The predicted octanol–water partition coefficient (Wildman–Crippen LogP) is 2.26. The van der Waals surface area contributed by atoms with Gasteiger partial charge in [0.05, 0.1) is 14.2 Å². The highest BCUT2D eigenvalue weighted by molar-refractivity contribution is 6.06. The predicted molar refractivity (Wildman–Crippen MR) is 65.7 cm³/mol. The van der Waals surface area contributed by atoms with E-state index in [0.717, 1.165) is 0 Å². The van der Waals surface area contributed by atoms with Crippen LogP contribution in [-0.4, -0.2) is 30.4 Å². The van der Waals surface area contributed by atoms with Crippen LogP contribution >= 0.6 is 0 Å². The number of fused-ring (bicyclic) bond motifs is 1. The quantitative estimate of drug-likeness (QED) is 0.871. The monoisotopic (exact) mass is 248 g/mol. The Morgan fingerprint density at radius 3 is 2.00 bits per heavy atom. The second-order valence-electron chi connectivity index (χ2n) is 3.64. The number of hydrogen-bond acceptors (Lipinski definition) is 4. The molecule has 2 rings (SSSR count). The first-order chi connectivity index (χ1) is 8.61. The van der Waals surface area contributed by atoms with Crippen LogP contribution in [0.5, 0.6) is 17.2 Å². The van der Waals surface area contributed by atoms with Gasteiger partial charge in [0.15, 0.2) is 11.5 Å². The van der Waals surface area contributed by atoms with Gasteiger partial charge in [-0.05, 0) is 0 Å². The van der Waals surface area contributed by atoms with E-state index in [2.05, 4.69) is 0 Å². The molecule has 0 aliphatic heterocycles. The Bertz CT molecular complexity index is 618. The zero-order valence-corrected chi connectivity index (χ0v) is 9.93. The lowest BCUT2D eigenvalue weighted by molar-refractivity contribution is 0.0689. The van der Waals surface area contributed by atoms with Crippen molar-refractivity contribution in [3.63, 3.8) is 0 Å². The summed E-state index contributed by atoms with van der Waals surface area (Å²) < 4.78 is 10.2. The summed E-state index contributed by atoms with van der Waals surface area (Å²) in [6.07, 6.45) is 0. The van der Waals surface area contributed by atoms with Crippen molar-refractivity contribution in [1.29, 1.82) is 0 Å². The summed E-state index contributed by atoms with van der Waals surface area (Å²) in [7, 11) is 2.74. The summed E-state index contributed by atoms with van der Waals surface area (Å²) in [6.45, 7) is 0. The summed E-state index contributed by atoms with van der Waals surface area (Å²) >= 11 is 0. The summed E-state index contributed by atoms with van der Waals surface area (Å²) in [5.74, 6) is -1.45. The molecule has 0 unspecified atom stereocenters. The molecule has 0 aliphatic carbocycles. The summed E-state index contributed by atoms with van der Waals surface area (Å²) in [5.41, 5.74) is -0.298. The van der Waals surface area contributed by atoms with E-state index in [0.29, 0.717) is 10.8 Å². The Kier molecular flexibility index (Phi) is 2.97. The highest BCUT2D eigenvalue weighted by atomic mass is 16.5. The number of phenols is 1. The van der Waals surface area contributed by atoms with Crippen molar-refractivity contribution in [3.8, 4) is 17.2 Å². The van der Waals surface area contributed by atoms with Crippen molar-refractivity contribution < 1.29 is 24.5 Å². The van der Waals surface area contributed by atoms with Gasteiger partial charge in [-0.2, -0.15) is 0 Å². The van der Waals surface area contributed by atoms with Gasteiger partial charge in [0.2, 0.25) is 0 Å². The molecule has 0 amide bonds. The SMILES string of the molecule is COc1c(O)c(C(=O)O)c(OC)c2ccccc12. The molecule has 18 heavy (non-hydrogen) atoms. The van der Waals surface area contributed by atoms with Gasteiger partial charge in [-0.1, -0.05) is 24.3 Å². The molecule has 0 spiro atoms. The Hall–Kier alpha value is -2.43. The zero-order chi connectivity index (χ0) is 13.3. The van der Waals surface area contributed by atoms with Gasteiger partial charge in [-0.3, -0.25) is 0 Å². The molecule has 0 saturated carbocycles. The largest absolute Gasteiger partial charge is 0.504 e. The van der Waals surface area contributed by atoms with Crippen molar-refractivity contribution in [2.45, 2.75) is 0 Å². The maximum Gasteiger partial charge on any atom is 0.343 e. The first-order valence-corrected chi connectivity index (χ1v) is 5.20. The van der Waals surface area contributed by atoms with Gasteiger partial charge in [0.1, 0.15) is 11.3 Å². The molecule has 2 aromatic rings. The highest BCUT2D eigenvalue weighted by Gasteiger charge is 2.24. The van der Waals surface area contributed by atoms with Crippen LogP contribution in [0.1, 0.15) is 10.4 Å². The number of methoxy groups -OCH3 is 2. The van der Waals surface area contributed by atoms with E-state index in [1.807, 2.05) is 0 Å². The number of benzene rings is 2. The average molecular weight is 248 g/mol. The topological polar surface area (TPSA) is 76.0 Å². The molecule has 94 valence electrons. The van der Waals surface area contributed by atoms with Crippen molar-refractivity contribution in [2.24, 2.45) is 0 Å². The summed E-state index contributed by atoms with van der Waals surface area (Å²) in [6, 6.07) is 6.96. The van der Waals surface area contributed by atoms with Crippen LogP contribution in [0.15, 0.2) is 24.3 Å². The minimum Gasteiger partial charge on any atom is -0.504 e. The first-order valence-electron chi connectivity index (χ1n) is 5.20. The molecule has 0 saturated heterocycles. The van der Waals surface area contributed by atoms with Crippen LogP contribution in [-0.2, 0) is 0 Å². The van der Waals surface area contributed by atoms with Crippen molar-refractivity contribution in [3.05, 3.63) is 29.8 Å². The van der Waals surface area contributed by atoms with E-state index in [9.17, 15) is 9.90 Å². The van der Waals surface area contributed by atoms with Gasteiger partial charge in [0, 0.05) is 10.8 Å². The van der Waals surface area contributed by atoms with E-state index >= 15 is 0 Å². The standard InChI is InChI=1S/C13H12O5/c1-17-11-7-5-3-4-6-8(7)12(18-2)10(14)9(11)13(15)16/h3-6,14H,1-2H3,(H,15,16). The number of ether oxygens (including phenoxy) is 2. The Balaban J connectivity index is 3.00. The van der Waals surface area contributed by atoms with Gasteiger partial charge in [-0.25, -0.2) is 4.79 Å². The zero-order valence-electron chi connectivity index (χ0n) is 9.93. The number of hydrogen-bond donors (Lipinski definition) is 2. The van der Waals surface area contributed by atoms with E-state index in [-0.39, 0.29) is 17.1 Å².